The minimum absolute atomic E-state index is 0. The van der Waals surface area contributed by atoms with Gasteiger partial charge in [0.1, 0.15) is 0 Å². The number of hydrogen-bond donors (Lipinski definition) is 1. The number of hydrogen-bond acceptors (Lipinski definition) is 6. The van der Waals surface area contributed by atoms with Crippen LogP contribution in [-0.2, 0) is 29.2 Å². The molecule has 0 radical (unpaired) electrons. The molecule has 0 aromatic carbocycles. The van der Waals surface area contributed by atoms with Gasteiger partial charge in [0, 0.05) is 0 Å². The Morgan fingerprint density at radius 2 is 0.723 bits per heavy atom. The molecule has 0 saturated heterocycles. The van der Waals surface area contributed by atoms with E-state index in [1.54, 1.807) is 0 Å². The van der Waals surface area contributed by atoms with E-state index in [-0.39, 0.29) is 64.6 Å². The first-order chi connectivity index (χ1) is 22.3. The van der Waals surface area contributed by atoms with Crippen molar-refractivity contribution in [2.24, 2.45) is 0 Å². The molecule has 9 heteroatoms. The molecular weight excluding hydrogens is 640 g/mol. The molecule has 1 atom stereocenters. The van der Waals surface area contributed by atoms with E-state index in [0.29, 0.717) is 12.8 Å². The van der Waals surface area contributed by atoms with Gasteiger partial charge < -0.3 is 9.47 Å². The zero-order chi connectivity index (χ0) is 34.0. The van der Waals surface area contributed by atoms with Crippen LogP contribution in [-0.4, -0.2) is 94.8 Å². The van der Waals surface area contributed by atoms with Crippen molar-refractivity contribution in [2.75, 3.05) is 13.2 Å². The van der Waals surface area contributed by atoms with Crippen LogP contribution in [0.2, 0.25) is 0 Å². The van der Waals surface area contributed by atoms with Crippen molar-refractivity contribution in [3.8, 4) is 0 Å². The number of rotatable bonds is 36. The maximum atomic E-state index is 12.3. The Hall–Kier alpha value is 0.486. The molecule has 0 spiro atoms. The monoisotopic (exact) mass is 714 g/mol. The van der Waals surface area contributed by atoms with Gasteiger partial charge in [0.05, 0.1) is 19.6 Å². The number of ether oxygens (including phenoxy) is 2. The van der Waals surface area contributed by atoms with E-state index < -0.39 is 33.7 Å². The van der Waals surface area contributed by atoms with E-state index in [1.807, 2.05) is 0 Å². The molecule has 0 aliphatic carbocycles. The number of unbranched alkanes of at least 4 members (excludes halogenated alkanes) is 28. The Balaban J connectivity index is 0. The van der Waals surface area contributed by atoms with Crippen molar-refractivity contribution in [2.45, 2.75) is 218 Å². The van der Waals surface area contributed by atoms with Gasteiger partial charge in [-0.1, -0.05) is 194 Å². The first-order valence-corrected chi connectivity index (χ1v) is 21.1. The van der Waals surface area contributed by atoms with Crippen molar-refractivity contribution in [1.29, 1.82) is 0 Å². The first-order valence-electron chi connectivity index (χ1n) is 19.6. The predicted octanol–water partition coefficient (Wildman–Crippen LogP) is 10.8. The van der Waals surface area contributed by atoms with Gasteiger partial charge in [-0.15, -0.1) is 0 Å². The third-order valence-corrected chi connectivity index (χ3v) is 10.1. The van der Waals surface area contributed by atoms with Crippen LogP contribution >= 0.6 is 0 Å². The number of esters is 2. The molecule has 276 valence electrons. The molecule has 7 nitrogen and oxygen atoms in total. The molecule has 0 saturated carbocycles. The summed E-state index contributed by atoms with van der Waals surface area (Å²) in [6, 6.07) is 0. The quantitative estimate of drug-likeness (QED) is 0.0298. The molecule has 0 heterocycles. The van der Waals surface area contributed by atoms with Crippen LogP contribution in [0.25, 0.3) is 0 Å². The molecule has 0 aromatic heterocycles. The van der Waals surface area contributed by atoms with Gasteiger partial charge in [0.2, 0.25) is 0 Å². The van der Waals surface area contributed by atoms with Crippen molar-refractivity contribution in [3.63, 3.8) is 0 Å². The Kier molecular flexibility index (Phi) is 39.8. The second-order valence-electron chi connectivity index (χ2n) is 13.5. The second kappa shape index (κ2) is 37.7. The molecule has 1 unspecified atom stereocenters. The van der Waals surface area contributed by atoms with E-state index in [4.69, 9.17) is 9.47 Å². The fourth-order valence-corrected chi connectivity index (χ4v) is 6.58. The molecule has 1 N–H and O–H groups in total. The van der Waals surface area contributed by atoms with Gasteiger partial charge in [-0.3, -0.25) is 14.1 Å². The molecule has 0 amide bonds. The summed E-state index contributed by atoms with van der Waals surface area (Å²) < 4.78 is 43.2. The van der Waals surface area contributed by atoms with Crippen molar-refractivity contribution in [1.82, 2.24) is 0 Å². The Labute approximate surface area is 333 Å². The maximum absolute atomic E-state index is 12.3. The summed E-state index contributed by atoms with van der Waals surface area (Å²) in [4.78, 5) is 24.5. The van der Waals surface area contributed by atoms with Gasteiger partial charge in [-0.05, 0) is 12.8 Å². The molecule has 0 fully saturated rings. The van der Waals surface area contributed by atoms with E-state index in [9.17, 15) is 22.6 Å². The summed E-state index contributed by atoms with van der Waals surface area (Å²) in [7, 11) is -4.77. The van der Waals surface area contributed by atoms with E-state index >= 15 is 0 Å². The van der Waals surface area contributed by atoms with Gasteiger partial charge in [0.25, 0.3) is 10.1 Å². The summed E-state index contributed by atoms with van der Waals surface area (Å²) in [5.41, 5.74) is 0. The summed E-state index contributed by atoms with van der Waals surface area (Å²) in [6.45, 7) is 4.77. The number of carbonyl (C=O) groups is 2. The van der Waals surface area contributed by atoms with Gasteiger partial charge in [0.15, 0.2) is 5.25 Å². The summed E-state index contributed by atoms with van der Waals surface area (Å²) in [5.74, 6) is -1.89. The van der Waals surface area contributed by atoms with Crippen LogP contribution < -0.4 is 0 Å². The average Bonchev–Trinajstić information content (AvgIpc) is 3.02. The third kappa shape index (κ3) is 36.1. The van der Waals surface area contributed by atoms with Crippen LogP contribution in [0.4, 0.5) is 0 Å². The fourth-order valence-electron chi connectivity index (χ4n) is 5.92. The fraction of sp³-hybridized carbons (Fsp3) is 0.947. The van der Waals surface area contributed by atoms with Crippen molar-refractivity contribution >= 4 is 73.4 Å². The zero-order valence-electron chi connectivity index (χ0n) is 30.2. The molecule has 0 aromatic rings. The minimum atomic E-state index is -4.77. The van der Waals surface area contributed by atoms with Crippen LogP contribution in [0.5, 0.6) is 0 Å². The molecule has 0 aliphatic rings. The zero-order valence-corrected chi connectivity index (χ0v) is 31.0. The third-order valence-electron chi connectivity index (χ3n) is 8.98. The van der Waals surface area contributed by atoms with Gasteiger partial charge >= 0.3 is 63.3 Å². The summed E-state index contributed by atoms with van der Waals surface area (Å²) in [5, 5.41) is -1.93. The van der Waals surface area contributed by atoms with Gasteiger partial charge in [-0.2, -0.15) is 8.42 Å². The standard InChI is InChI=1S/C38H74O7S.K.H/c1-3-5-7-9-11-13-15-17-19-20-22-24-26-28-30-32-34-45-38(40)36(46(41,42)43)35-37(39)44-33-31-29-27-25-23-21-18-16-14-12-10-8-6-4-2;;/h36H,3-35H2,1-2H3,(H,41,42,43);;. The normalized spacial score (nSPS) is 12.1. The topological polar surface area (TPSA) is 107 Å². The SMILES string of the molecule is CCCCCCCCCCCCCCCCCCOC(=O)C(CC(=O)OCCCCCCCCCCCCCCCC)S(=O)(=O)O.[KH]. The second-order valence-corrected chi connectivity index (χ2v) is 15.1. The van der Waals surface area contributed by atoms with Crippen LogP contribution in [0, 0.1) is 0 Å². The molecular formula is C38H75KO7S. The van der Waals surface area contributed by atoms with Crippen LogP contribution in [0.1, 0.15) is 213 Å². The van der Waals surface area contributed by atoms with Crippen molar-refractivity contribution in [3.05, 3.63) is 0 Å². The average molecular weight is 715 g/mol. The molecule has 0 rings (SSSR count). The Morgan fingerprint density at radius 1 is 0.468 bits per heavy atom. The van der Waals surface area contributed by atoms with Crippen LogP contribution in [0.15, 0.2) is 0 Å². The van der Waals surface area contributed by atoms with Gasteiger partial charge in [-0.25, -0.2) is 0 Å². The van der Waals surface area contributed by atoms with E-state index in [2.05, 4.69) is 13.8 Å². The number of carbonyl (C=O) groups excluding carboxylic acids is 2. The molecule has 0 aliphatic heterocycles. The first kappa shape index (κ1) is 49.6. The van der Waals surface area contributed by atoms with E-state index in [0.717, 1.165) is 32.1 Å². The molecule has 47 heavy (non-hydrogen) atoms. The molecule has 0 bridgehead atoms. The predicted molar refractivity (Wildman–Crippen MR) is 199 cm³/mol. The summed E-state index contributed by atoms with van der Waals surface area (Å²) in [6.07, 6.45) is 36.2. The van der Waals surface area contributed by atoms with Crippen LogP contribution in [0.3, 0.4) is 0 Å². The Morgan fingerprint density at radius 3 is 1.00 bits per heavy atom. The summed E-state index contributed by atoms with van der Waals surface area (Å²) >= 11 is 0. The Bertz CT molecular complexity index is 791. The van der Waals surface area contributed by atoms with Crippen molar-refractivity contribution < 1.29 is 32.0 Å². The van der Waals surface area contributed by atoms with E-state index in [1.165, 1.54) is 148 Å².